The lowest BCUT2D eigenvalue weighted by atomic mass is 10.1. The first kappa shape index (κ1) is 16.8. The van der Waals surface area contributed by atoms with Gasteiger partial charge in [-0.05, 0) is 34.9 Å². The van der Waals surface area contributed by atoms with Crippen LogP contribution in [-0.2, 0) is 10.2 Å². The summed E-state index contributed by atoms with van der Waals surface area (Å²) < 4.78 is 27.2. The SMILES string of the molecule is CC(C)N(C)S(=O)(=O)NCC(C)(O)CN(C)C. The van der Waals surface area contributed by atoms with Crippen molar-refractivity contribution in [2.75, 3.05) is 34.2 Å². The van der Waals surface area contributed by atoms with E-state index >= 15 is 0 Å². The van der Waals surface area contributed by atoms with Crippen molar-refractivity contribution in [2.45, 2.75) is 32.4 Å². The van der Waals surface area contributed by atoms with Crippen LogP contribution >= 0.6 is 0 Å². The number of hydrogen-bond acceptors (Lipinski definition) is 4. The molecular formula is C10H25N3O3S. The third-order valence-electron chi connectivity index (χ3n) is 2.40. The molecule has 0 aromatic heterocycles. The molecule has 0 amide bonds. The van der Waals surface area contributed by atoms with Gasteiger partial charge in [0.15, 0.2) is 0 Å². The summed E-state index contributed by atoms with van der Waals surface area (Å²) in [5.41, 5.74) is -1.09. The molecule has 0 radical (unpaired) electrons. The molecule has 0 fully saturated rings. The Hall–Kier alpha value is -0.210. The van der Waals surface area contributed by atoms with Crippen molar-refractivity contribution in [1.82, 2.24) is 13.9 Å². The quantitative estimate of drug-likeness (QED) is 0.651. The molecule has 1 atom stereocenters. The van der Waals surface area contributed by atoms with Crippen molar-refractivity contribution in [3.63, 3.8) is 0 Å². The van der Waals surface area contributed by atoms with Gasteiger partial charge in [0, 0.05) is 26.2 Å². The van der Waals surface area contributed by atoms with Crippen molar-refractivity contribution < 1.29 is 13.5 Å². The van der Waals surface area contributed by atoms with Crippen LogP contribution in [0.3, 0.4) is 0 Å². The third-order valence-corrected chi connectivity index (χ3v) is 4.09. The minimum atomic E-state index is -3.52. The van der Waals surface area contributed by atoms with E-state index in [2.05, 4.69) is 4.72 Å². The van der Waals surface area contributed by atoms with Crippen molar-refractivity contribution in [1.29, 1.82) is 0 Å². The zero-order valence-electron chi connectivity index (χ0n) is 11.6. The van der Waals surface area contributed by atoms with Gasteiger partial charge < -0.3 is 10.0 Å². The van der Waals surface area contributed by atoms with E-state index in [0.717, 1.165) is 0 Å². The first-order chi connectivity index (χ1) is 7.48. The number of hydrogen-bond donors (Lipinski definition) is 2. The first-order valence-electron chi connectivity index (χ1n) is 5.58. The van der Waals surface area contributed by atoms with E-state index in [1.807, 2.05) is 14.1 Å². The lowest BCUT2D eigenvalue weighted by Crippen LogP contribution is -2.50. The van der Waals surface area contributed by atoms with Crippen LogP contribution in [0, 0.1) is 0 Å². The second-order valence-corrected chi connectivity index (χ2v) is 6.99. The van der Waals surface area contributed by atoms with Crippen LogP contribution in [0.1, 0.15) is 20.8 Å². The molecule has 17 heavy (non-hydrogen) atoms. The molecule has 0 aliphatic heterocycles. The van der Waals surface area contributed by atoms with Crippen molar-refractivity contribution >= 4 is 10.2 Å². The molecule has 104 valence electrons. The van der Waals surface area contributed by atoms with Gasteiger partial charge in [0.05, 0.1) is 5.60 Å². The van der Waals surface area contributed by atoms with Gasteiger partial charge in [0.1, 0.15) is 0 Å². The summed E-state index contributed by atoms with van der Waals surface area (Å²) in [6, 6.07) is -0.119. The molecule has 1 unspecified atom stereocenters. The van der Waals surface area contributed by atoms with Gasteiger partial charge >= 0.3 is 0 Å². The summed E-state index contributed by atoms with van der Waals surface area (Å²) in [6.45, 7) is 5.56. The summed E-state index contributed by atoms with van der Waals surface area (Å²) in [7, 11) is 1.63. The highest BCUT2D eigenvalue weighted by molar-refractivity contribution is 7.87. The second-order valence-electron chi connectivity index (χ2n) is 5.17. The third kappa shape index (κ3) is 6.32. The molecule has 0 bridgehead atoms. The fourth-order valence-electron chi connectivity index (χ4n) is 1.36. The van der Waals surface area contributed by atoms with E-state index in [-0.39, 0.29) is 12.6 Å². The molecule has 0 spiro atoms. The zero-order chi connectivity index (χ0) is 13.9. The molecule has 0 rings (SSSR count). The second kappa shape index (κ2) is 6.10. The predicted octanol–water partition coefficient (Wildman–Crippen LogP) is -0.526. The van der Waals surface area contributed by atoms with Crippen LogP contribution in [0.2, 0.25) is 0 Å². The van der Waals surface area contributed by atoms with Crippen LogP contribution in [0.5, 0.6) is 0 Å². The first-order valence-corrected chi connectivity index (χ1v) is 7.02. The topological polar surface area (TPSA) is 72.9 Å². The highest BCUT2D eigenvalue weighted by Crippen LogP contribution is 2.06. The largest absolute Gasteiger partial charge is 0.387 e. The Morgan fingerprint density at radius 1 is 1.29 bits per heavy atom. The van der Waals surface area contributed by atoms with E-state index in [1.54, 1.807) is 25.7 Å². The Labute approximate surface area is 105 Å². The van der Waals surface area contributed by atoms with E-state index in [4.69, 9.17) is 0 Å². The minimum absolute atomic E-state index is 0.00935. The highest BCUT2D eigenvalue weighted by Gasteiger charge is 2.26. The summed E-state index contributed by atoms with van der Waals surface area (Å²) in [5, 5.41) is 9.98. The number of nitrogens with zero attached hydrogens (tertiary/aromatic N) is 2. The number of rotatable bonds is 7. The van der Waals surface area contributed by atoms with Gasteiger partial charge in [0.2, 0.25) is 0 Å². The van der Waals surface area contributed by atoms with Gasteiger partial charge in [-0.2, -0.15) is 17.4 Å². The van der Waals surface area contributed by atoms with Gasteiger partial charge in [-0.1, -0.05) is 0 Å². The van der Waals surface area contributed by atoms with Crippen molar-refractivity contribution in [3.8, 4) is 0 Å². The molecule has 6 nitrogen and oxygen atoms in total. The van der Waals surface area contributed by atoms with E-state index < -0.39 is 15.8 Å². The summed E-state index contributed by atoms with van der Waals surface area (Å²) in [5.74, 6) is 0. The summed E-state index contributed by atoms with van der Waals surface area (Å²) >= 11 is 0. The minimum Gasteiger partial charge on any atom is -0.387 e. The van der Waals surface area contributed by atoms with Gasteiger partial charge in [-0.25, -0.2) is 0 Å². The number of nitrogens with one attached hydrogen (secondary N) is 1. The van der Waals surface area contributed by atoms with E-state index in [0.29, 0.717) is 6.54 Å². The van der Waals surface area contributed by atoms with Crippen LogP contribution < -0.4 is 4.72 Å². The zero-order valence-corrected chi connectivity index (χ0v) is 12.4. The van der Waals surface area contributed by atoms with Crippen molar-refractivity contribution in [3.05, 3.63) is 0 Å². The van der Waals surface area contributed by atoms with Crippen LogP contribution in [0.4, 0.5) is 0 Å². The Bertz CT molecular complexity index is 326. The normalized spacial score (nSPS) is 16.8. The lowest BCUT2D eigenvalue weighted by Gasteiger charge is -2.29. The number of aliphatic hydroxyl groups is 1. The van der Waals surface area contributed by atoms with E-state index in [1.165, 1.54) is 11.4 Å². The molecule has 0 aromatic carbocycles. The van der Waals surface area contributed by atoms with Crippen molar-refractivity contribution in [2.24, 2.45) is 0 Å². The Kier molecular flexibility index (Phi) is 6.03. The van der Waals surface area contributed by atoms with E-state index in [9.17, 15) is 13.5 Å². The Morgan fingerprint density at radius 2 is 1.76 bits per heavy atom. The average Bonchev–Trinajstić information content (AvgIpc) is 2.12. The van der Waals surface area contributed by atoms with Gasteiger partial charge in [0.25, 0.3) is 10.2 Å². The fraction of sp³-hybridized carbons (Fsp3) is 1.00. The monoisotopic (exact) mass is 267 g/mol. The van der Waals surface area contributed by atoms with Gasteiger partial charge in [-0.3, -0.25) is 0 Å². The standard InChI is InChI=1S/C10H25N3O3S/c1-9(2)13(6)17(15,16)11-7-10(3,14)8-12(4)5/h9,11,14H,7-8H2,1-6H3. The molecule has 0 heterocycles. The smallest absolute Gasteiger partial charge is 0.279 e. The molecule has 0 aromatic rings. The highest BCUT2D eigenvalue weighted by atomic mass is 32.2. The van der Waals surface area contributed by atoms with Gasteiger partial charge in [-0.15, -0.1) is 0 Å². The van der Waals surface area contributed by atoms with Crippen LogP contribution in [-0.4, -0.2) is 68.6 Å². The molecule has 0 saturated carbocycles. The molecule has 0 aliphatic carbocycles. The average molecular weight is 267 g/mol. The maximum atomic E-state index is 11.8. The summed E-state index contributed by atoms with van der Waals surface area (Å²) in [4.78, 5) is 1.81. The maximum Gasteiger partial charge on any atom is 0.279 e. The fourth-order valence-corrected chi connectivity index (χ4v) is 2.62. The van der Waals surface area contributed by atoms with Crippen LogP contribution in [0.15, 0.2) is 0 Å². The molecule has 0 aliphatic rings. The predicted molar refractivity (Wildman–Crippen MR) is 69.0 cm³/mol. The molecule has 7 heteroatoms. The summed E-state index contributed by atoms with van der Waals surface area (Å²) in [6.07, 6.45) is 0. The lowest BCUT2D eigenvalue weighted by molar-refractivity contribution is 0.0382. The number of likely N-dealkylation sites (N-methyl/N-ethyl adjacent to an activating group) is 1. The molecule has 0 saturated heterocycles. The van der Waals surface area contributed by atoms with Crippen LogP contribution in [0.25, 0.3) is 0 Å². The maximum absolute atomic E-state index is 11.8. The molecular weight excluding hydrogens is 242 g/mol. The Balaban J connectivity index is 4.46. The molecule has 2 N–H and O–H groups in total. The Morgan fingerprint density at radius 3 is 2.12 bits per heavy atom.